The van der Waals surface area contributed by atoms with Crippen LogP contribution in [0.5, 0.6) is 5.75 Å². The number of hydrogen-bond acceptors (Lipinski definition) is 13. The van der Waals surface area contributed by atoms with E-state index in [1.807, 2.05) is 17.0 Å². The smallest absolute Gasteiger partial charge is 0.404 e. The van der Waals surface area contributed by atoms with Crippen LogP contribution < -0.4 is 35.6 Å². The molecule has 0 spiro atoms. The predicted molar refractivity (Wildman–Crippen MR) is 264 cm³/mol. The van der Waals surface area contributed by atoms with Crippen LogP contribution in [0.25, 0.3) is 11.3 Å². The topological polar surface area (TPSA) is 187 Å². The number of aromatic nitrogens is 4. The van der Waals surface area contributed by atoms with E-state index in [2.05, 4.69) is 62.1 Å². The lowest BCUT2D eigenvalue weighted by molar-refractivity contribution is -0.275. The molecule has 3 aromatic heterocycles. The number of nitrogens with one attached hydrogen (secondary N) is 2. The van der Waals surface area contributed by atoms with Gasteiger partial charge in [-0.2, -0.15) is 0 Å². The minimum Gasteiger partial charge on any atom is -0.404 e. The number of rotatable bonds is 12. The summed E-state index contributed by atoms with van der Waals surface area (Å²) in [6, 6.07) is 13.0. The molecule has 21 heteroatoms. The van der Waals surface area contributed by atoms with Crippen molar-refractivity contribution in [2.45, 2.75) is 82.9 Å². The molecule has 0 unspecified atom stereocenters. The number of pyridine rings is 1. The summed E-state index contributed by atoms with van der Waals surface area (Å²) in [6.07, 6.45) is 3.33. The molecule has 4 aliphatic rings. The fourth-order valence-electron chi connectivity index (χ4n) is 10.7. The molecule has 376 valence electrons. The van der Waals surface area contributed by atoms with Crippen molar-refractivity contribution in [1.82, 2.24) is 24.0 Å². The van der Waals surface area contributed by atoms with Gasteiger partial charge in [-0.1, -0.05) is 20.4 Å². The van der Waals surface area contributed by atoms with Crippen molar-refractivity contribution in [3.8, 4) is 17.0 Å². The number of ether oxygens (including phenoxy) is 1. The number of carbonyl (C=O) groups is 2. The van der Waals surface area contributed by atoms with E-state index in [9.17, 15) is 41.1 Å². The van der Waals surface area contributed by atoms with E-state index in [1.165, 1.54) is 28.0 Å². The zero-order valence-electron chi connectivity index (χ0n) is 40.2. The third kappa shape index (κ3) is 9.99. The highest BCUT2D eigenvalue weighted by atomic mass is 32.2. The number of piperazine rings is 1. The molecule has 0 saturated carbocycles. The number of aryl methyl sites for hydroxylation is 1. The fraction of sp³-hybridized carbons (Fsp3) is 0.420. The second-order valence-electron chi connectivity index (χ2n) is 19.6. The molecule has 2 aromatic carbocycles. The number of amides is 2. The van der Waals surface area contributed by atoms with Gasteiger partial charge in [0.15, 0.2) is 15.7 Å². The Morgan fingerprint density at radius 3 is 2.46 bits per heavy atom. The molecular weight excluding hydrogens is 942 g/mol. The number of fused-ring (bicyclic) bond motifs is 3. The number of piperidine rings is 1. The number of nitrogens with zero attached hydrogens (tertiary/aromatic N) is 8. The Labute approximate surface area is 409 Å². The number of sulfone groups is 1. The Bertz CT molecular complexity index is 3110. The zero-order valence-corrected chi connectivity index (χ0v) is 41.0. The van der Waals surface area contributed by atoms with E-state index < -0.39 is 44.9 Å². The van der Waals surface area contributed by atoms with Crippen LogP contribution in [0.4, 0.5) is 47.6 Å². The minimum atomic E-state index is -5.06. The van der Waals surface area contributed by atoms with Crippen LogP contribution in [0, 0.1) is 5.41 Å². The van der Waals surface area contributed by atoms with Gasteiger partial charge >= 0.3 is 6.36 Å². The number of anilines is 6. The highest BCUT2D eigenvalue weighted by molar-refractivity contribution is 7.90. The number of hydrogen-bond donors (Lipinski definition) is 3. The van der Waals surface area contributed by atoms with E-state index >= 15 is 0 Å². The normalized spacial score (nSPS) is 18.6. The number of aliphatic hydroxyl groups excluding tert-OH is 1. The first kappa shape index (κ1) is 49.3. The molecule has 5 aromatic rings. The Kier molecular flexibility index (Phi) is 13.0. The van der Waals surface area contributed by atoms with E-state index in [0.29, 0.717) is 91.2 Å². The lowest BCUT2D eigenvalue weighted by Crippen LogP contribution is -2.57. The Hall–Kier alpha value is -6.71. The van der Waals surface area contributed by atoms with Gasteiger partial charge in [0, 0.05) is 118 Å². The SMILES string of the molecule is C=CC(=O)Nc1cc(Nc2nc(-c3ccnc(N4CCn5c(cc6c5CC(C)(C)C6)C4=O)c3CO)cn(C)c2=O)ccc1N1CCN(C2CCN(c3ccc(S(C)(=O)=O)c(OC(F)(F)F)c3)CC2)C[C@@H]1C. The minimum absolute atomic E-state index is 0.0129. The molecule has 71 heavy (non-hydrogen) atoms. The molecule has 2 amide bonds. The summed E-state index contributed by atoms with van der Waals surface area (Å²) in [5.41, 5.74) is 6.08. The largest absolute Gasteiger partial charge is 0.573 e. The zero-order chi connectivity index (χ0) is 50.7. The molecular formula is C50H57F3N10O7S. The van der Waals surface area contributed by atoms with E-state index in [0.717, 1.165) is 49.8 Å². The molecule has 2 fully saturated rings. The maximum atomic E-state index is 14.0. The average molecular weight is 999 g/mol. The van der Waals surface area contributed by atoms with Gasteiger partial charge in [-0.3, -0.25) is 24.2 Å². The van der Waals surface area contributed by atoms with Gasteiger partial charge in [0.25, 0.3) is 11.5 Å². The molecule has 9 rings (SSSR count). The highest BCUT2D eigenvalue weighted by Gasteiger charge is 2.39. The van der Waals surface area contributed by atoms with Crippen molar-refractivity contribution in [1.29, 1.82) is 0 Å². The highest BCUT2D eigenvalue weighted by Crippen LogP contribution is 2.41. The van der Waals surface area contributed by atoms with Gasteiger partial charge in [-0.25, -0.2) is 18.4 Å². The van der Waals surface area contributed by atoms with Crippen LogP contribution in [0.1, 0.15) is 60.9 Å². The molecule has 6 heterocycles. The van der Waals surface area contributed by atoms with Crippen LogP contribution in [0.15, 0.2) is 83.3 Å². The van der Waals surface area contributed by atoms with Gasteiger partial charge in [-0.15, -0.1) is 13.2 Å². The molecule has 0 radical (unpaired) electrons. The van der Waals surface area contributed by atoms with Crippen molar-refractivity contribution < 1.29 is 41.0 Å². The quantitative estimate of drug-likeness (QED) is 0.119. The lowest BCUT2D eigenvalue weighted by atomic mass is 9.90. The van der Waals surface area contributed by atoms with Crippen molar-refractivity contribution in [2.24, 2.45) is 12.5 Å². The van der Waals surface area contributed by atoms with Crippen molar-refractivity contribution >= 4 is 56.0 Å². The van der Waals surface area contributed by atoms with Crippen LogP contribution in [-0.2, 0) is 47.7 Å². The third-order valence-electron chi connectivity index (χ3n) is 14.0. The number of carbonyl (C=O) groups excluding carboxylic acids is 2. The van der Waals surface area contributed by atoms with Crippen molar-refractivity contribution in [3.63, 3.8) is 0 Å². The molecule has 1 atom stereocenters. The second kappa shape index (κ2) is 18.8. The monoisotopic (exact) mass is 998 g/mol. The number of alkyl halides is 3. The Morgan fingerprint density at radius 1 is 1.01 bits per heavy atom. The summed E-state index contributed by atoms with van der Waals surface area (Å²) in [5.74, 6) is -1.07. The van der Waals surface area contributed by atoms with Crippen molar-refractivity contribution in [3.05, 3.63) is 106 Å². The van der Waals surface area contributed by atoms with E-state index in [4.69, 9.17) is 4.98 Å². The van der Waals surface area contributed by atoms with Crippen LogP contribution in [-0.4, -0.2) is 113 Å². The van der Waals surface area contributed by atoms with Crippen LogP contribution in [0.3, 0.4) is 0 Å². The Morgan fingerprint density at radius 2 is 1.77 bits per heavy atom. The molecule has 2 saturated heterocycles. The van der Waals surface area contributed by atoms with Gasteiger partial charge in [0.05, 0.1) is 23.7 Å². The molecule has 0 bridgehead atoms. The van der Waals surface area contributed by atoms with Gasteiger partial charge in [0.1, 0.15) is 22.2 Å². The van der Waals surface area contributed by atoms with Crippen molar-refractivity contribution in [2.75, 3.05) is 70.9 Å². The van der Waals surface area contributed by atoms with Gasteiger partial charge < -0.3 is 39.4 Å². The summed E-state index contributed by atoms with van der Waals surface area (Å²) in [6.45, 7) is 13.8. The number of aliphatic hydroxyl groups is 1. The molecule has 1 aliphatic carbocycles. The average Bonchev–Trinajstić information content (AvgIpc) is 3.81. The van der Waals surface area contributed by atoms with E-state index in [1.54, 1.807) is 42.5 Å². The molecule has 3 N–H and O–H groups in total. The standard InChI is InChI=1S/C50H57F3N10O7S/c1-7-44(65)56-37-23-32(8-10-39(37)61-19-18-60(27-30(61)2)33-13-16-59(17-14-33)34-9-11-43(71(6,68)69)42(24-34)70-50(51,52)53)55-45-48(67)58(5)28-38(57-45)35-12-15-54-46(36(35)29-64)63-21-20-62-40(47(63)66)22-31-25-49(3,4)26-41(31)62/h7-12,15,22-24,28,30,33,64H,1,13-14,16-21,25-27,29H2,2-6H3,(H,55,57)(H,56,65)/t30-/m0/s1. The lowest BCUT2D eigenvalue weighted by Gasteiger charge is -2.47. The van der Waals surface area contributed by atoms with Gasteiger partial charge in [0.2, 0.25) is 5.91 Å². The second-order valence-corrected chi connectivity index (χ2v) is 21.6. The first-order chi connectivity index (χ1) is 33.6. The summed E-state index contributed by atoms with van der Waals surface area (Å²) < 4.78 is 71.7. The molecule has 3 aliphatic heterocycles. The van der Waals surface area contributed by atoms with Crippen LogP contribution in [0.2, 0.25) is 0 Å². The van der Waals surface area contributed by atoms with Crippen LogP contribution >= 0.6 is 0 Å². The predicted octanol–water partition coefficient (Wildman–Crippen LogP) is 6.27. The number of halogens is 3. The summed E-state index contributed by atoms with van der Waals surface area (Å²) in [4.78, 5) is 57.5. The Balaban J connectivity index is 0.904. The summed E-state index contributed by atoms with van der Waals surface area (Å²) >= 11 is 0. The first-order valence-electron chi connectivity index (χ1n) is 23.5. The summed E-state index contributed by atoms with van der Waals surface area (Å²) in [7, 11) is -2.38. The molecule has 17 nitrogen and oxygen atoms in total. The maximum Gasteiger partial charge on any atom is 0.573 e. The maximum absolute atomic E-state index is 14.0. The first-order valence-corrected chi connectivity index (χ1v) is 25.4. The number of benzene rings is 2. The summed E-state index contributed by atoms with van der Waals surface area (Å²) in [5, 5.41) is 16.9. The fourth-order valence-corrected chi connectivity index (χ4v) is 11.5. The third-order valence-corrected chi connectivity index (χ3v) is 15.1. The van der Waals surface area contributed by atoms with E-state index in [-0.39, 0.29) is 29.2 Å². The van der Waals surface area contributed by atoms with Gasteiger partial charge in [-0.05, 0) is 92.1 Å².